The van der Waals surface area contributed by atoms with Crippen LogP contribution >= 0.6 is 0 Å². The van der Waals surface area contributed by atoms with Crippen molar-refractivity contribution in [3.05, 3.63) is 72.1 Å². The molecule has 1 aliphatic carbocycles. The minimum absolute atomic E-state index is 0.103. The van der Waals surface area contributed by atoms with Gasteiger partial charge < -0.3 is 14.4 Å². The third-order valence-corrected chi connectivity index (χ3v) is 7.88. The summed E-state index contributed by atoms with van der Waals surface area (Å²) in [4.78, 5) is 22.6. The topological polar surface area (TPSA) is 65.8 Å². The fraction of sp³-hybridized carbons (Fsp3) is 0.433. The molecule has 3 aromatic rings. The molecule has 1 aliphatic heterocycles. The van der Waals surface area contributed by atoms with Gasteiger partial charge in [-0.3, -0.25) is 9.78 Å². The van der Waals surface area contributed by atoms with Gasteiger partial charge in [0.15, 0.2) is 5.78 Å². The van der Waals surface area contributed by atoms with E-state index in [1.165, 1.54) is 17.7 Å². The predicted octanol–water partition coefficient (Wildman–Crippen LogP) is 4.54. The molecule has 194 valence electrons. The summed E-state index contributed by atoms with van der Waals surface area (Å²) in [6.45, 7) is 6.99. The second-order valence-corrected chi connectivity index (χ2v) is 10.0. The van der Waals surface area contributed by atoms with Crippen molar-refractivity contribution in [2.45, 2.75) is 52.1 Å². The minimum Gasteiger partial charge on any atom is -0.493 e. The van der Waals surface area contributed by atoms with Crippen molar-refractivity contribution in [3.63, 3.8) is 0 Å². The molecular formula is C30H35FN3O3+. The Morgan fingerprint density at radius 1 is 1.03 bits per heavy atom. The largest absolute Gasteiger partial charge is 0.493 e. The molecule has 2 fully saturated rings. The van der Waals surface area contributed by atoms with Crippen molar-refractivity contribution < 1.29 is 23.6 Å². The van der Waals surface area contributed by atoms with Crippen molar-refractivity contribution in [1.82, 2.24) is 9.97 Å². The number of nitrogens with zero attached hydrogens (tertiary/aromatic N) is 2. The average Bonchev–Trinajstić information content (AvgIpc) is 3.49. The van der Waals surface area contributed by atoms with Crippen molar-refractivity contribution in [1.29, 1.82) is 0 Å². The van der Waals surface area contributed by atoms with Crippen LogP contribution in [0.3, 0.4) is 0 Å². The number of aromatic nitrogens is 2. The third-order valence-electron chi connectivity index (χ3n) is 7.88. The van der Waals surface area contributed by atoms with E-state index in [0.717, 1.165) is 55.0 Å². The van der Waals surface area contributed by atoms with Crippen LogP contribution in [0.1, 0.15) is 55.6 Å². The maximum atomic E-state index is 13.6. The number of halogens is 1. The summed E-state index contributed by atoms with van der Waals surface area (Å²) < 4.78 is 25.7. The van der Waals surface area contributed by atoms with Crippen LogP contribution in [0.15, 0.2) is 55.0 Å². The zero-order chi connectivity index (χ0) is 25.8. The molecule has 0 bridgehead atoms. The number of ether oxygens (including phenoxy) is 2. The number of hydrogen-bond acceptors (Lipinski definition) is 5. The minimum atomic E-state index is -0.267. The van der Waals surface area contributed by atoms with Crippen molar-refractivity contribution in [2.24, 2.45) is 11.8 Å². The molecule has 1 saturated carbocycles. The highest BCUT2D eigenvalue weighted by atomic mass is 19.1. The zero-order valence-corrected chi connectivity index (χ0v) is 21.6. The number of rotatable bonds is 10. The van der Waals surface area contributed by atoms with Gasteiger partial charge in [-0.2, -0.15) is 0 Å². The van der Waals surface area contributed by atoms with Crippen LogP contribution in [0.2, 0.25) is 0 Å². The van der Waals surface area contributed by atoms with Gasteiger partial charge in [0.1, 0.15) is 29.6 Å². The van der Waals surface area contributed by atoms with E-state index in [-0.39, 0.29) is 11.6 Å². The number of hydrogen-bond donors (Lipinski definition) is 1. The van der Waals surface area contributed by atoms with Crippen LogP contribution in [0, 0.1) is 17.7 Å². The molecule has 2 heterocycles. The number of carbonyl (C=O) groups is 1. The lowest BCUT2D eigenvalue weighted by molar-refractivity contribution is -0.927. The zero-order valence-electron chi connectivity index (χ0n) is 21.6. The maximum absolute atomic E-state index is 13.6. The molecule has 2 unspecified atom stereocenters. The standard InChI is InChI=1S/C30H34FN3O3/c1-3-36-28-15-20(16-29(37-4-2)30(28)21-5-8-23(31)9-6-21)19-34-14-11-24-22(7-10-26(24)34)17-27(35)25-18-32-12-13-33-25/h5-6,8-9,12-13,15-16,18,22,24,26H,3-4,7,10-11,14,17,19H2,1-2H3/p+1/t22?,24-,26+/m0/s1. The first-order valence-corrected chi connectivity index (χ1v) is 13.4. The Balaban J connectivity index is 1.34. The summed E-state index contributed by atoms with van der Waals surface area (Å²) in [6.07, 6.45) is 8.68. The molecule has 37 heavy (non-hydrogen) atoms. The quantitative estimate of drug-likeness (QED) is 0.411. The van der Waals surface area contributed by atoms with Crippen LogP contribution < -0.4 is 14.4 Å². The molecule has 1 saturated heterocycles. The summed E-state index contributed by atoms with van der Waals surface area (Å²) in [5, 5.41) is 0. The Bertz CT molecular complexity index is 1190. The Hall–Kier alpha value is -3.32. The second-order valence-electron chi connectivity index (χ2n) is 10.0. The van der Waals surface area contributed by atoms with Gasteiger partial charge in [-0.15, -0.1) is 0 Å². The molecule has 2 aromatic carbocycles. The number of carbonyl (C=O) groups excluding carboxylic acids is 1. The maximum Gasteiger partial charge on any atom is 0.183 e. The number of fused-ring (bicyclic) bond motifs is 1. The van der Waals surface area contributed by atoms with E-state index >= 15 is 0 Å². The Labute approximate surface area is 217 Å². The molecular weight excluding hydrogens is 469 g/mol. The number of likely N-dealkylation sites (tertiary alicyclic amines) is 1. The molecule has 0 radical (unpaired) electrons. The van der Waals surface area contributed by atoms with Gasteiger partial charge in [-0.25, -0.2) is 9.37 Å². The summed E-state index contributed by atoms with van der Waals surface area (Å²) in [6, 6.07) is 11.3. The molecule has 1 N–H and O–H groups in total. The highest BCUT2D eigenvalue weighted by Crippen LogP contribution is 2.41. The molecule has 1 aromatic heterocycles. The van der Waals surface area contributed by atoms with Crippen LogP contribution in [-0.4, -0.2) is 41.6 Å². The predicted molar refractivity (Wildman–Crippen MR) is 139 cm³/mol. The van der Waals surface area contributed by atoms with E-state index in [9.17, 15) is 9.18 Å². The van der Waals surface area contributed by atoms with Gasteiger partial charge in [-0.05, 0) is 62.4 Å². The lowest BCUT2D eigenvalue weighted by atomic mass is 9.88. The van der Waals surface area contributed by atoms with Crippen molar-refractivity contribution in [3.8, 4) is 22.6 Å². The van der Waals surface area contributed by atoms with Crippen LogP contribution in [-0.2, 0) is 6.54 Å². The first-order valence-electron chi connectivity index (χ1n) is 13.4. The molecule has 6 nitrogen and oxygen atoms in total. The Morgan fingerprint density at radius 2 is 1.76 bits per heavy atom. The molecule has 0 amide bonds. The SMILES string of the molecule is CCOc1cc(C[NH+]2CC[C@H]3C(CC(=O)c4cnccn4)CC[C@H]32)cc(OCC)c1-c1ccc(F)cc1. The summed E-state index contributed by atoms with van der Waals surface area (Å²) in [5.41, 5.74) is 3.39. The van der Waals surface area contributed by atoms with E-state index in [4.69, 9.17) is 9.47 Å². The normalized spacial score (nSPS) is 22.6. The monoisotopic (exact) mass is 504 g/mol. The molecule has 5 rings (SSSR count). The van der Waals surface area contributed by atoms with Gasteiger partial charge >= 0.3 is 0 Å². The van der Waals surface area contributed by atoms with Crippen LogP contribution in [0.4, 0.5) is 4.39 Å². The first-order chi connectivity index (χ1) is 18.1. The fourth-order valence-corrected chi connectivity index (χ4v) is 6.34. The lowest BCUT2D eigenvalue weighted by Crippen LogP contribution is -3.12. The van der Waals surface area contributed by atoms with Crippen LogP contribution in [0.5, 0.6) is 11.5 Å². The van der Waals surface area contributed by atoms with Gasteiger partial charge in [-0.1, -0.05) is 12.1 Å². The summed E-state index contributed by atoms with van der Waals surface area (Å²) >= 11 is 0. The van der Waals surface area contributed by atoms with Gasteiger partial charge in [0, 0.05) is 36.7 Å². The van der Waals surface area contributed by atoms with Gasteiger partial charge in [0.25, 0.3) is 0 Å². The number of quaternary nitrogens is 1. The van der Waals surface area contributed by atoms with E-state index in [1.54, 1.807) is 35.6 Å². The number of benzene rings is 2. The average molecular weight is 505 g/mol. The third kappa shape index (κ3) is 5.52. The molecule has 4 atom stereocenters. The van der Waals surface area contributed by atoms with Crippen LogP contribution in [0.25, 0.3) is 11.1 Å². The van der Waals surface area contributed by atoms with E-state index in [1.807, 2.05) is 13.8 Å². The smallest absolute Gasteiger partial charge is 0.183 e. The number of nitrogens with one attached hydrogen (secondary N) is 1. The molecule has 7 heteroatoms. The summed E-state index contributed by atoms with van der Waals surface area (Å²) in [5.74, 6) is 2.35. The number of ketones is 1. The second kappa shape index (κ2) is 11.4. The molecule has 0 spiro atoms. The van der Waals surface area contributed by atoms with Gasteiger partial charge in [0.2, 0.25) is 0 Å². The molecule has 2 aliphatic rings. The lowest BCUT2D eigenvalue weighted by Gasteiger charge is -2.23. The van der Waals surface area contributed by atoms with Crippen molar-refractivity contribution >= 4 is 5.78 Å². The number of Topliss-reactive ketones (excluding diaryl/α,β-unsaturated/α-hetero) is 1. The Kier molecular flexibility index (Phi) is 7.79. The Morgan fingerprint density at radius 3 is 2.41 bits per heavy atom. The van der Waals surface area contributed by atoms with Crippen molar-refractivity contribution in [2.75, 3.05) is 19.8 Å². The first kappa shape index (κ1) is 25.3. The van der Waals surface area contributed by atoms with E-state index < -0.39 is 0 Å². The fourth-order valence-electron chi connectivity index (χ4n) is 6.34. The highest BCUT2D eigenvalue weighted by molar-refractivity contribution is 5.94. The highest BCUT2D eigenvalue weighted by Gasteiger charge is 2.47. The van der Waals surface area contributed by atoms with Gasteiger partial charge in [0.05, 0.1) is 37.6 Å². The van der Waals surface area contributed by atoms with E-state index in [0.29, 0.717) is 43.2 Å². The summed E-state index contributed by atoms with van der Waals surface area (Å²) in [7, 11) is 0. The van der Waals surface area contributed by atoms with E-state index in [2.05, 4.69) is 22.1 Å².